The van der Waals surface area contributed by atoms with E-state index >= 15 is 0 Å². The van der Waals surface area contributed by atoms with Gasteiger partial charge < -0.3 is 19.9 Å². The molecule has 1 aromatic heterocycles. The number of fused-ring (bicyclic) bond motifs is 4. The number of para-hydroxylation sites is 1. The second-order valence-corrected chi connectivity index (χ2v) is 10.3. The number of anilines is 1. The van der Waals surface area contributed by atoms with Gasteiger partial charge in [0.25, 0.3) is 0 Å². The number of rotatable bonds is 5. The Bertz CT molecular complexity index is 1240. The van der Waals surface area contributed by atoms with E-state index in [9.17, 15) is 9.90 Å². The molecular weight excluding hydrogens is 422 g/mol. The average molecular weight is 458 g/mol. The molecule has 1 aliphatic carbocycles. The molecule has 6 rings (SSSR count). The van der Waals surface area contributed by atoms with E-state index in [-0.39, 0.29) is 0 Å². The van der Waals surface area contributed by atoms with Crippen LogP contribution in [0.5, 0.6) is 0 Å². The second-order valence-electron chi connectivity index (χ2n) is 10.3. The average Bonchev–Trinajstić information content (AvgIpc) is 3.10. The van der Waals surface area contributed by atoms with E-state index in [0.717, 1.165) is 44.5 Å². The number of carbonyl (C=O) groups is 1. The molecule has 2 N–H and O–H groups in total. The molecule has 2 aliphatic heterocycles. The van der Waals surface area contributed by atoms with Gasteiger partial charge in [0.15, 0.2) is 0 Å². The Kier molecular flexibility index (Phi) is 5.60. The van der Waals surface area contributed by atoms with Gasteiger partial charge >= 0.3 is 5.97 Å². The number of nitrogens with one attached hydrogen (secondary N) is 1. The highest BCUT2D eigenvalue weighted by Gasteiger charge is 2.34. The maximum Gasteiger partial charge on any atom is 0.335 e. The summed E-state index contributed by atoms with van der Waals surface area (Å²) in [7, 11) is 0. The Morgan fingerprint density at radius 2 is 1.91 bits per heavy atom. The van der Waals surface area contributed by atoms with Crippen molar-refractivity contribution in [2.24, 2.45) is 0 Å². The molecule has 0 bridgehead atoms. The van der Waals surface area contributed by atoms with Crippen LogP contribution in [0.25, 0.3) is 22.2 Å². The monoisotopic (exact) mass is 457 g/mol. The van der Waals surface area contributed by atoms with Crippen LogP contribution in [0.15, 0.2) is 36.4 Å². The Balaban J connectivity index is 1.61. The summed E-state index contributed by atoms with van der Waals surface area (Å²) < 4.78 is 2.45. The van der Waals surface area contributed by atoms with Gasteiger partial charge in [-0.05, 0) is 61.4 Å². The Morgan fingerprint density at radius 1 is 1.06 bits per heavy atom. The predicted molar refractivity (Wildman–Crippen MR) is 138 cm³/mol. The van der Waals surface area contributed by atoms with Gasteiger partial charge in [-0.2, -0.15) is 0 Å². The molecule has 1 saturated carbocycles. The van der Waals surface area contributed by atoms with E-state index in [1.165, 1.54) is 65.6 Å². The smallest absolute Gasteiger partial charge is 0.335 e. The molecule has 0 unspecified atom stereocenters. The Labute approximate surface area is 201 Å². The lowest BCUT2D eigenvalue weighted by molar-refractivity contribution is 0.0697. The van der Waals surface area contributed by atoms with Gasteiger partial charge in [0.05, 0.1) is 16.9 Å². The van der Waals surface area contributed by atoms with Crippen LogP contribution in [0, 0.1) is 0 Å². The zero-order valence-electron chi connectivity index (χ0n) is 20.1. The van der Waals surface area contributed by atoms with Crippen LogP contribution in [0.2, 0.25) is 0 Å². The van der Waals surface area contributed by atoms with Crippen LogP contribution in [0.1, 0.15) is 85.3 Å². The van der Waals surface area contributed by atoms with Crippen LogP contribution in [-0.2, 0) is 6.54 Å². The summed E-state index contributed by atoms with van der Waals surface area (Å²) in [4.78, 5) is 14.4. The van der Waals surface area contributed by atoms with E-state index in [2.05, 4.69) is 46.0 Å². The highest BCUT2D eigenvalue weighted by Crippen LogP contribution is 2.50. The topological polar surface area (TPSA) is 57.5 Å². The molecule has 1 atom stereocenters. The highest BCUT2D eigenvalue weighted by molar-refractivity contribution is 6.00. The van der Waals surface area contributed by atoms with E-state index in [0.29, 0.717) is 17.5 Å². The number of aromatic nitrogens is 1. The minimum Gasteiger partial charge on any atom is -0.478 e. The van der Waals surface area contributed by atoms with Crippen LogP contribution in [0.4, 0.5) is 5.69 Å². The summed E-state index contributed by atoms with van der Waals surface area (Å²) in [5, 5.41) is 14.8. The van der Waals surface area contributed by atoms with Gasteiger partial charge in [-0.3, -0.25) is 0 Å². The van der Waals surface area contributed by atoms with Crippen LogP contribution in [0.3, 0.4) is 0 Å². The lowest BCUT2D eigenvalue weighted by Gasteiger charge is -2.36. The van der Waals surface area contributed by atoms with Crippen LogP contribution < -0.4 is 10.2 Å². The molecule has 3 aromatic rings. The fourth-order valence-corrected chi connectivity index (χ4v) is 6.75. The van der Waals surface area contributed by atoms with Crippen molar-refractivity contribution in [3.8, 4) is 11.3 Å². The van der Waals surface area contributed by atoms with E-state index < -0.39 is 5.97 Å². The maximum absolute atomic E-state index is 11.8. The Morgan fingerprint density at radius 3 is 2.71 bits per heavy atom. The number of benzene rings is 2. The first-order chi connectivity index (χ1) is 16.7. The first-order valence-electron chi connectivity index (χ1n) is 13.2. The summed E-state index contributed by atoms with van der Waals surface area (Å²) in [5.41, 5.74) is 8.45. The zero-order chi connectivity index (χ0) is 23.2. The standard InChI is InChI=1S/C29H35N3O2/c1-2-14-30-24-13-15-31-16-17-32-25-18-20(29(33)34)11-12-22(25)26(19-7-4-3-5-8-19)28(32)23-10-6-9-21(24)27(23)31/h6,9-12,18-19,24,30H,2-5,7-8,13-17H2,1H3,(H,33,34)/t24-/m1/s1. The first kappa shape index (κ1) is 21.7. The highest BCUT2D eigenvalue weighted by atomic mass is 16.4. The third-order valence-corrected chi connectivity index (χ3v) is 8.30. The van der Waals surface area contributed by atoms with Gasteiger partial charge in [0, 0.05) is 42.1 Å². The van der Waals surface area contributed by atoms with Crippen LogP contribution >= 0.6 is 0 Å². The van der Waals surface area contributed by atoms with Crippen molar-refractivity contribution in [3.05, 3.63) is 53.1 Å². The predicted octanol–water partition coefficient (Wildman–Crippen LogP) is 6.32. The number of hydrogen-bond donors (Lipinski definition) is 2. The molecular formula is C29H35N3O2. The van der Waals surface area contributed by atoms with E-state index in [4.69, 9.17) is 0 Å². The summed E-state index contributed by atoms with van der Waals surface area (Å²) in [6.07, 6.45) is 8.62. The number of nitrogens with zero attached hydrogens (tertiary/aromatic N) is 2. The van der Waals surface area contributed by atoms with Gasteiger partial charge in [0.2, 0.25) is 0 Å². The summed E-state index contributed by atoms with van der Waals surface area (Å²) >= 11 is 0. The molecule has 1 fully saturated rings. The minimum absolute atomic E-state index is 0.381. The van der Waals surface area contributed by atoms with Crippen molar-refractivity contribution in [1.29, 1.82) is 0 Å². The van der Waals surface area contributed by atoms with E-state index in [1.807, 2.05) is 6.07 Å². The molecule has 0 radical (unpaired) electrons. The lowest BCUT2D eigenvalue weighted by Crippen LogP contribution is -2.37. The summed E-state index contributed by atoms with van der Waals surface area (Å²) in [5.74, 6) is -0.305. The zero-order valence-corrected chi connectivity index (χ0v) is 20.1. The maximum atomic E-state index is 11.8. The molecule has 0 saturated heterocycles. The van der Waals surface area contributed by atoms with Gasteiger partial charge in [-0.25, -0.2) is 4.79 Å². The lowest BCUT2D eigenvalue weighted by atomic mass is 9.81. The number of carboxylic acids is 1. The molecule has 34 heavy (non-hydrogen) atoms. The number of aromatic carboxylic acids is 1. The van der Waals surface area contributed by atoms with Crippen molar-refractivity contribution in [1.82, 2.24) is 9.88 Å². The molecule has 5 nitrogen and oxygen atoms in total. The second kappa shape index (κ2) is 8.77. The fraction of sp³-hybridized carbons (Fsp3) is 0.483. The molecule has 0 amide bonds. The van der Waals surface area contributed by atoms with Crippen molar-refractivity contribution in [2.45, 2.75) is 70.4 Å². The van der Waals surface area contributed by atoms with Gasteiger partial charge in [-0.1, -0.05) is 50.5 Å². The summed E-state index contributed by atoms with van der Waals surface area (Å²) in [6, 6.07) is 13.1. The van der Waals surface area contributed by atoms with Crippen molar-refractivity contribution in [3.63, 3.8) is 0 Å². The first-order valence-corrected chi connectivity index (χ1v) is 13.2. The van der Waals surface area contributed by atoms with Gasteiger partial charge in [0.1, 0.15) is 0 Å². The summed E-state index contributed by atoms with van der Waals surface area (Å²) in [6.45, 7) is 6.19. The molecule has 0 spiro atoms. The van der Waals surface area contributed by atoms with Crippen molar-refractivity contribution in [2.75, 3.05) is 24.5 Å². The van der Waals surface area contributed by atoms with Crippen LogP contribution in [-0.4, -0.2) is 35.3 Å². The largest absolute Gasteiger partial charge is 0.478 e. The van der Waals surface area contributed by atoms with Gasteiger partial charge in [-0.15, -0.1) is 0 Å². The Hall–Kier alpha value is -2.79. The minimum atomic E-state index is -0.850. The van der Waals surface area contributed by atoms with Crippen molar-refractivity contribution < 1.29 is 9.90 Å². The molecule has 2 aromatic carbocycles. The van der Waals surface area contributed by atoms with Crippen molar-refractivity contribution >= 4 is 22.6 Å². The third-order valence-electron chi connectivity index (χ3n) is 8.30. The molecule has 178 valence electrons. The quantitative estimate of drug-likeness (QED) is 0.471. The number of carboxylic acid groups (broad SMARTS) is 1. The molecule has 3 heterocycles. The third kappa shape index (κ3) is 3.44. The SMILES string of the molecule is CCCN[C@@H]1CCN2CCn3c(c(C4CCCCC4)c4ccc(C(=O)O)cc43)-c3cccc1c32. The normalized spacial score (nSPS) is 20.1. The fourth-order valence-electron chi connectivity index (χ4n) is 6.75. The molecule has 3 aliphatic rings. The number of hydrogen-bond acceptors (Lipinski definition) is 3. The van der Waals surface area contributed by atoms with E-state index in [1.54, 1.807) is 6.07 Å². The molecule has 5 heteroatoms.